The van der Waals surface area contributed by atoms with E-state index in [4.69, 9.17) is 20.8 Å². The first-order valence-corrected chi connectivity index (χ1v) is 11.3. The summed E-state index contributed by atoms with van der Waals surface area (Å²) in [4.78, 5) is 56.4. The Kier molecular flexibility index (Phi) is 7.21. The summed E-state index contributed by atoms with van der Waals surface area (Å²) in [6, 6.07) is 13.6. The van der Waals surface area contributed by atoms with Gasteiger partial charge in [-0.15, -0.1) is 0 Å². The van der Waals surface area contributed by atoms with Gasteiger partial charge in [-0.05, 0) is 48.5 Å². The number of furan rings is 1. The zero-order valence-corrected chi connectivity index (χ0v) is 20.8. The molecule has 10 nitrogen and oxygen atoms in total. The SMILES string of the molecule is COC(=O)c1cccc2oc(C(=O)Nc3ccc(Cl)cn3)c(NC(=O)c3ccc(C(=O)N(C)C)cc3)c12. The lowest BCUT2D eigenvalue weighted by Gasteiger charge is -2.11. The van der Waals surface area contributed by atoms with Crippen molar-refractivity contribution in [3.63, 3.8) is 0 Å². The van der Waals surface area contributed by atoms with Crippen molar-refractivity contribution in [2.75, 3.05) is 31.8 Å². The van der Waals surface area contributed by atoms with Crippen molar-refractivity contribution in [2.24, 2.45) is 0 Å². The number of methoxy groups -OCH3 is 1. The van der Waals surface area contributed by atoms with Gasteiger partial charge in [-0.3, -0.25) is 14.4 Å². The van der Waals surface area contributed by atoms with Crippen LogP contribution in [-0.2, 0) is 4.74 Å². The molecule has 0 spiro atoms. The molecule has 2 heterocycles. The Bertz CT molecular complexity index is 1510. The zero-order valence-electron chi connectivity index (χ0n) is 20.0. The van der Waals surface area contributed by atoms with Crippen LogP contribution < -0.4 is 10.6 Å². The predicted octanol–water partition coefficient (Wildman–Crippen LogP) is 4.47. The van der Waals surface area contributed by atoms with Gasteiger partial charge in [0.2, 0.25) is 5.76 Å². The highest BCUT2D eigenvalue weighted by Gasteiger charge is 2.27. The molecule has 0 unspecified atom stereocenters. The van der Waals surface area contributed by atoms with Crippen LogP contribution in [0.4, 0.5) is 11.5 Å². The number of hydrogen-bond donors (Lipinski definition) is 2. The number of carbonyl (C=O) groups excluding carboxylic acids is 4. The Morgan fingerprint density at radius 1 is 0.919 bits per heavy atom. The zero-order chi connectivity index (χ0) is 26.7. The summed E-state index contributed by atoms with van der Waals surface area (Å²) in [5.74, 6) is -2.27. The van der Waals surface area contributed by atoms with Gasteiger partial charge in [-0.1, -0.05) is 17.7 Å². The highest BCUT2D eigenvalue weighted by Crippen LogP contribution is 2.35. The molecule has 2 aromatic carbocycles. The fourth-order valence-electron chi connectivity index (χ4n) is 3.54. The molecule has 0 aliphatic rings. The molecule has 0 atom stereocenters. The van der Waals surface area contributed by atoms with E-state index < -0.39 is 17.8 Å². The number of anilines is 2. The van der Waals surface area contributed by atoms with Gasteiger partial charge in [-0.2, -0.15) is 0 Å². The molecular formula is C26H21ClN4O6. The fourth-order valence-corrected chi connectivity index (χ4v) is 3.65. The maximum atomic E-state index is 13.2. The van der Waals surface area contributed by atoms with Crippen LogP contribution in [0.2, 0.25) is 5.02 Å². The number of fused-ring (bicyclic) bond motifs is 1. The maximum absolute atomic E-state index is 13.2. The molecule has 37 heavy (non-hydrogen) atoms. The van der Waals surface area contributed by atoms with E-state index in [1.54, 1.807) is 32.3 Å². The average molecular weight is 521 g/mol. The van der Waals surface area contributed by atoms with Crippen molar-refractivity contribution in [1.82, 2.24) is 9.88 Å². The third kappa shape index (κ3) is 5.29. The quantitative estimate of drug-likeness (QED) is 0.358. The van der Waals surface area contributed by atoms with Crippen molar-refractivity contribution in [3.05, 3.63) is 88.3 Å². The maximum Gasteiger partial charge on any atom is 0.338 e. The average Bonchev–Trinajstić information content (AvgIpc) is 3.27. The number of esters is 1. The number of carbonyl (C=O) groups is 4. The van der Waals surface area contributed by atoms with E-state index in [0.717, 1.165) is 0 Å². The molecule has 2 N–H and O–H groups in total. The Labute approximate surface area is 216 Å². The van der Waals surface area contributed by atoms with Crippen LogP contribution in [0.5, 0.6) is 0 Å². The van der Waals surface area contributed by atoms with Gasteiger partial charge in [0, 0.05) is 31.4 Å². The van der Waals surface area contributed by atoms with Crippen molar-refractivity contribution in [3.8, 4) is 0 Å². The van der Waals surface area contributed by atoms with E-state index in [1.165, 1.54) is 54.6 Å². The summed E-state index contributed by atoms with van der Waals surface area (Å²) in [7, 11) is 4.46. The molecule has 188 valence electrons. The molecule has 0 bridgehead atoms. The minimum atomic E-state index is -0.718. The van der Waals surface area contributed by atoms with E-state index in [9.17, 15) is 19.2 Å². The lowest BCUT2D eigenvalue weighted by Crippen LogP contribution is -2.22. The van der Waals surface area contributed by atoms with E-state index in [2.05, 4.69) is 15.6 Å². The van der Waals surface area contributed by atoms with Crippen molar-refractivity contribution in [1.29, 1.82) is 0 Å². The summed E-state index contributed by atoms with van der Waals surface area (Å²) in [6.45, 7) is 0. The largest absolute Gasteiger partial charge is 0.465 e. The normalized spacial score (nSPS) is 10.6. The summed E-state index contributed by atoms with van der Waals surface area (Å²) in [5.41, 5.74) is 0.861. The van der Waals surface area contributed by atoms with Gasteiger partial charge >= 0.3 is 5.97 Å². The highest BCUT2D eigenvalue weighted by atomic mass is 35.5. The minimum absolute atomic E-state index is 0.0269. The number of nitrogens with zero attached hydrogens (tertiary/aromatic N) is 2. The molecule has 0 aliphatic heterocycles. The van der Waals surface area contributed by atoms with Gasteiger partial charge in [-0.25, -0.2) is 9.78 Å². The molecule has 11 heteroatoms. The van der Waals surface area contributed by atoms with Crippen LogP contribution in [-0.4, -0.2) is 54.8 Å². The number of ether oxygens (including phenoxy) is 1. The van der Waals surface area contributed by atoms with Crippen LogP contribution in [0.3, 0.4) is 0 Å². The van der Waals surface area contributed by atoms with Crippen molar-refractivity contribution >= 4 is 57.8 Å². The van der Waals surface area contributed by atoms with Gasteiger partial charge < -0.3 is 24.7 Å². The monoisotopic (exact) mass is 520 g/mol. The van der Waals surface area contributed by atoms with Crippen LogP contribution in [0.1, 0.15) is 41.6 Å². The van der Waals surface area contributed by atoms with E-state index in [0.29, 0.717) is 10.6 Å². The first-order valence-electron chi connectivity index (χ1n) is 10.9. The number of nitrogens with one attached hydrogen (secondary N) is 2. The number of rotatable bonds is 6. The minimum Gasteiger partial charge on any atom is -0.465 e. The fraction of sp³-hybridized carbons (Fsp3) is 0.115. The molecule has 3 amide bonds. The summed E-state index contributed by atoms with van der Waals surface area (Å²) in [5, 5.41) is 5.84. The second-order valence-corrected chi connectivity index (χ2v) is 8.46. The molecular weight excluding hydrogens is 500 g/mol. The molecule has 4 rings (SSSR count). The standard InChI is InChI=1S/C26H21ClN4O6/c1-31(2)25(34)15-9-7-14(8-10-15)23(32)30-21-20-17(26(35)36-3)5-4-6-18(20)37-22(21)24(33)29-19-12-11-16(27)13-28-19/h4-13H,1-3H3,(H,30,32)(H,28,29,33). The number of benzene rings is 2. The van der Waals surface area contributed by atoms with Gasteiger partial charge in [0.15, 0.2) is 0 Å². The summed E-state index contributed by atoms with van der Waals surface area (Å²) < 4.78 is 10.6. The van der Waals surface area contributed by atoms with Gasteiger partial charge in [0.1, 0.15) is 17.1 Å². The number of pyridine rings is 1. The Morgan fingerprint density at radius 3 is 2.24 bits per heavy atom. The third-order valence-corrected chi connectivity index (χ3v) is 5.56. The Hall–Kier alpha value is -4.70. The molecule has 0 fully saturated rings. The number of halogens is 1. The van der Waals surface area contributed by atoms with Crippen LogP contribution >= 0.6 is 11.6 Å². The molecule has 0 saturated heterocycles. The first-order chi connectivity index (χ1) is 17.7. The van der Waals surface area contributed by atoms with Crippen molar-refractivity contribution in [2.45, 2.75) is 0 Å². The molecule has 0 saturated carbocycles. The van der Waals surface area contributed by atoms with Crippen LogP contribution in [0.15, 0.2) is 65.2 Å². The third-order valence-electron chi connectivity index (χ3n) is 5.33. The van der Waals surface area contributed by atoms with E-state index in [-0.39, 0.29) is 45.3 Å². The van der Waals surface area contributed by atoms with Crippen LogP contribution in [0.25, 0.3) is 11.0 Å². The number of hydrogen-bond acceptors (Lipinski definition) is 7. The lowest BCUT2D eigenvalue weighted by molar-refractivity contribution is 0.0602. The van der Waals surface area contributed by atoms with E-state index in [1.807, 2.05) is 0 Å². The summed E-state index contributed by atoms with van der Waals surface area (Å²) in [6.07, 6.45) is 1.36. The number of amides is 3. The van der Waals surface area contributed by atoms with Crippen molar-refractivity contribution < 1.29 is 28.3 Å². The van der Waals surface area contributed by atoms with E-state index >= 15 is 0 Å². The molecule has 0 aliphatic carbocycles. The second-order valence-electron chi connectivity index (χ2n) is 8.02. The van der Waals surface area contributed by atoms with Gasteiger partial charge in [0.05, 0.1) is 23.1 Å². The Balaban J connectivity index is 1.75. The molecule has 4 aromatic rings. The smallest absolute Gasteiger partial charge is 0.338 e. The van der Waals surface area contributed by atoms with Gasteiger partial charge in [0.25, 0.3) is 17.7 Å². The number of aromatic nitrogens is 1. The lowest BCUT2D eigenvalue weighted by atomic mass is 10.1. The Morgan fingerprint density at radius 2 is 1.62 bits per heavy atom. The summed E-state index contributed by atoms with van der Waals surface area (Å²) >= 11 is 5.86. The topological polar surface area (TPSA) is 131 Å². The highest BCUT2D eigenvalue weighted by molar-refractivity contribution is 6.30. The second kappa shape index (κ2) is 10.5. The van der Waals surface area contributed by atoms with Crippen LogP contribution in [0, 0.1) is 0 Å². The molecule has 2 aromatic heterocycles. The predicted molar refractivity (Wildman–Crippen MR) is 137 cm³/mol. The molecule has 0 radical (unpaired) electrons. The first kappa shape index (κ1) is 25.4.